The molecule has 1 atom stereocenters. The molecule has 0 heterocycles. The SMILES string of the molecule is CCCCc1ccc(C2=CCC(CCc3ccc(-c4ccc(CC)cc4)c(F)c3F)CC2)cc1F. The van der Waals surface area contributed by atoms with Crippen molar-refractivity contribution in [2.75, 3.05) is 0 Å². The molecule has 0 amide bonds. The normalized spacial score (nSPS) is 15.8. The number of rotatable bonds is 9. The summed E-state index contributed by atoms with van der Waals surface area (Å²) >= 11 is 0. The van der Waals surface area contributed by atoms with E-state index in [2.05, 4.69) is 19.9 Å². The van der Waals surface area contributed by atoms with E-state index in [0.717, 1.165) is 62.5 Å². The molecule has 35 heavy (non-hydrogen) atoms. The standard InChI is InChI=1S/C32H35F3/c1-3-5-6-26-17-18-28(21-30(26)33)24-12-9-23(10-13-24)11-16-27-19-20-29(32(35)31(27)34)25-14-7-22(4-2)8-15-25/h7-8,12,14-15,17-21,23H,3-6,9-11,13,16H2,1-2H3. The summed E-state index contributed by atoms with van der Waals surface area (Å²) in [6, 6.07) is 16.7. The molecule has 0 spiro atoms. The van der Waals surface area contributed by atoms with E-state index in [4.69, 9.17) is 0 Å². The predicted octanol–water partition coefficient (Wildman–Crippen LogP) is 9.49. The fourth-order valence-corrected chi connectivity index (χ4v) is 5.01. The van der Waals surface area contributed by atoms with Gasteiger partial charge in [-0.2, -0.15) is 0 Å². The molecule has 1 aliphatic carbocycles. The van der Waals surface area contributed by atoms with Crippen LogP contribution in [0.4, 0.5) is 13.2 Å². The van der Waals surface area contributed by atoms with E-state index in [0.29, 0.717) is 29.0 Å². The topological polar surface area (TPSA) is 0 Å². The van der Waals surface area contributed by atoms with Gasteiger partial charge in [0, 0.05) is 5.56 Å². The van der Waals surface area contributed by atoms with Crippen LogP contribution in [0.2, 0.25) is 0 Å². The summed E-state index contributed by atoms with van der Waals surface area (Å²) in [6.45, 7) is 4.18. The van der Waals surface area contributed by atoms with Crippen LogP contribution in [-0.2, 0) is 19.3 Å². The van der Waals surface area contributed by atoms with Gasteiger partial charge in [-0.25, -0.2) is 13.2 Å². The van der Waals surface area contributed by atoms with Gasteiger partial charge < -0.3 is 0 Å². The molecule has 3 heteroatoms. The Morgan fingerprint density at radius 3 is 2.20 bits per heavy atom. The lowest BCUT2D eigenvalue weighted by molar-refractivity contribution is 0.440. The molecular weight excluding hydrogens is 441 g/mol. The molecule has 0 aliphatic heterocycles. The minimum Gasteiger partial charge on any atom is -0.207 e. The highest BCUT2D eigenvalue weighted by Crippen LogP contribution is 2.34. The molecule has 0 nitrogen and oxygen atoms in total. The van der Waals surface area contributed by atoms with Gasteiger partial charge in [-0.15, -0.1) is 0 Å². The molecule has 0 fully saturated rings. The predicted molar refractivity (Wildman–Crippen MR) is 140 cm³/mol. The van der Waals surface area contributed by atoms with Crippen LogP contribution >= 0.6 is 0 Å². The van der Waals surface area contributed by atoms with Crippen molar-refractivity contribution in [3.05, 3.63) is 100 Å². The Labute approximate surface area is 207 Å². The average Bonchev–Trinajstić information content (AvgIpc) is 2.89. The van der Waals surface area contributed by atoms with Crippen molar-refractivity contribution in [2.24, 2.45) is 5.92 Å². The summed E-state index contributed by atoms with van der Waals surface area (Å²) in [5, 5.41) is 0. The monoisotopic (exact) mass is 476 g/mol. The Balaban J connectivity index is 1.37. The third kappa shape index (κ3) is 6.07. The Morgan fingerprint density at radius 2 is 1.54 bits per heavy atom. The first-order valence-electron chi connectivity index (χ1n) is 13.0. The van der Waals surface area contributed by atoms with E-state index in [1.807, 2.05) is 36.4 Å². The van der Waals surface area contributed by atoms with Gasteiger partial charge in [-0.3, -0.25) is 0 Å². The molecule has 0 aromatic heterocycles. The van der Waals surface area contributed by atoms with Crippen LogP contribution < -0.4 is 0 Å². The lowest BCUT2D eigenvalue weighted by Crippen LogP contribution is -2.08. The Hall–Kier alpha value is -2.81. The second-order valence-corrected chi connectivity index (χ2v) is 9.77. The lowest BCUT2D eigenvalue weighted by Gasteiger charge is -2.22. The van der Waals surface area contributed by atoms with Gasteiger partial charge in [0.15, 0.2) is 11.6 Å². The maximum absolute atomic E-state index is 14.9. The first-order valence-corrected chi connectivity index (χ1v) is 13.0. The largest absolute Gasteiger partial charge is 0.207 e. The van der Waals surface area contributed by atoms with E-state index in [1.54, 1.807) is 18.2 Å². The van der Waals surface area contributed by atoms with E-state index >= 15 is 0 Å². The van der Waals surface area contributed by atoms with Crippen LogP contribution in [0, 0.1) is 23.4 Å². The van der Waals surface area contributed by atoms with Crippen LogP contribution in [-0.4, -0.2) is 0 Å². The van der Waals surface area contributed by atoms with Gasteiger partial charge in [0.25, 0.3) is 0 Å². The second-order valence-electron chi connectivity index (χ2n) is 9.77. The Bertz CT molecular complexity index is 1170. The van der Waals surface area contributed by atoms with Crippen LogP contribution in [0.1, 0.15) is 74.6 Å². The fraction of sp³-hybridized carbons (Fsp3) is 0.375. The molecule has 0 N–H and O–H groups in total. The number of unbranched alkanes of at least 4 members (excludes halogenated alkanes) is 1. The van der Waals surface area contributed by atoms with E-state index in [-0.39, 0.29) is 5.82 Å². The Morgan fingerprint density at radius 1 is 0.800 bits per heavy atom. The zero-order chi connectivity index (χ0) is 24.8. The van der Waals surface area contributed by atoms with Crippen molar-refractivity contribution < 1.29 is 13.2 Å². The summed E-state index contributed by atoms with van der Waals surface area (Å²) in [5.41, 5.74) is 5.58. The maximum atomic E-state index is 14.9. The molecule has 0 saturated heterocycles. The highest BCUT2D eigenvalue weighted by atomic mass is 19.2. The van der Waals surface area contributed by atoms with Gasteiger partial charge in [0.1, 0.15) is 5.82 Å². The zero-order valence-electron chi connectivity index (χ0n) is 20.8. The van der Waals surface area contributed by atoms with Gasteiger partial charge >= 0.3 is 0 Å². The summed E-state index contributed by atoms with van der Waals surface area (Å²) < 4.78 is 44.2. The molecule has 0 bridgehead atoms. The van der Waals surface area contributed by atoms with Crippen molar-refractivity contribution in [1.29, 1.82) is 0 Å². The number of hydrogen-bond acceptors (Lipinski definition) is 0. The Kier molecular flexibility index (Phi) is 8.49. The van der Waals surface area contributed by atoms with E-state index in [9.17, 15) is 13.2 Å². The number of hydrogen-bond donors (Lipinski definition) is 0. The smallest absolute Gasteiger partial charge is 0.166 e. The first kappa shape index (κ1) is 25.3. The van der Waals surface area contributed by atoms with Crippen LogP contribution in [0.25, 0.3) is 16.7 Å². The summed E-state index contributed by atoms with van der Waals surface area (Å²) in [5.74, 6) is -1.17. The van der Waals surface area contributed by atoms with E-state index in [1.165, 1.54) is 11.1 Å². The fourth-order valence-electron chi connectivity index (χ4n) is 5.01. The zero-order valence-corrected chi connectivity index (χ0v) is 20.8. The third-order valence-corrected chi connectivity index (χ3v) is 7.40. The lowest BCUT2D eigenvalue weighted by atomic mass is 9.83. The molecular formula is C32H35F3. The number of aryl methyl sites for hydroxylation is 3. The molecule has 1 unspecified atom stereocenters. The molecule has 0 radical (unpaired) electrons. The number of halogens is 3. The van der Waals surface area contributed by atoms with Crippen molar-refractivity contribution in [2.45, 2.75) is 71.6 Å². The summed E-state index contributed by atoms with van der Waals surface area (Å²) in [6.07, 6.45) is 10.1. The quantitative estimate of drug-likeness (QED) is 0.288. The minimum absolute atomic E-state index is 0.110. The van der Waals surface area contributed by atoms with Gasteiger partial charge in [0.2, 0.25) is 0 Å². The molecule has 1 aliphatic rings. The average molecular weight is 477 g/mol. The highest BCUT2D eigenvalue weighted by Gasteiger charge is 2.19. The van der Waals surface area contributed by atoms with Crippen molar-refractivity contribution in [3.63, 3.8) is 0 Å². The highest BCUT2D eigenvalue weighted by molar-refractivity contribution is 5.67. The van der Waals surface area contributed by atoms with Crippen LogP contribution in [0.5, 0.6) is 0 Å². The third-order valence-electron chi connectivity index (χ3n) is 7.40. The van der Waals surface area contributed by atoms with Crippen molar-refractivity contribution in [3.8, 4) is 11.1 Å². The second kappa shape index (κ2) is 11.7. The molecule has 0 saturated carbocycles. The molecule has 3 aromatic rings. The first-order chi connectivity index (χ1) is 17.0. The molecule has 184 valence electrons. The van der Waals surface area contributed by atoms with Crippen LogP contribution in [0.15, 0.2) is 60.7 Å². The van der Waals surface area contributed by atoms with Crippen molar-refractivity contribution in [1.82, 2.24) is 0 Å². The minimum atomic E-state index is -0.762. The van der Waals surface area contributed by atoms with Crippen molar-refractivity contribution >= 4 is 5.57 Å². The van der Waals surface area contributed by atoms with Crippen LogP contribution in [0.3, 0.4) is 0 Å². The molecule has 4 rings (SSSR count). The van der Waals surface area contributed by atoms with Gasteiger partial charge in [0.05, 0.1) is 0 Å². The summed E-state index contributed by atoms with van der Waals surface area (Å²) in [7, 11) is 0. The van der Waals surface area contributed by atoms with Gasteiger partial charge in [-0.1, -0.05) is 74.9 Å². The number of allylic oxidation sites excluding steroid dienone is 2. The van der Waals surface area contributed by atoms with E-state index < -0.39 is 11.6 Å². The van der Waals surface area contributed by atoms with Gasteiger partial charge in [-0.05, 0) is 96.7 Å². The molecule has 3 aromatic carbocycles. The summed E-state index contributed by atoms with van der Waals surface area (Å²) in [4.78, 5) is 0. The maximum Gasteiger partial charge on any atom is 0.166 e. The number of benzene rings is 3.